The normalized spacial score (nSPS) is 11.5. The van der Waals surface area contributed by atoms with E-state index in [1.54, 1.807) is 49.4 Å². The maximum atomic E-state index is 13.2. The number of hydrogen-bond donors (Lipinski definition) is 1. The topological polar surface area (TPSA) is 83.6 Å². The second-order valence-corrected chi connectivity index (χ2v) is 7.43. The van der Waals surface area contributed by atoms with Gasteiger partial charge in [-0.25, -0.2) is 4.39 Å². The van der Waals surface area contributed by atoms with Gasteiger partial charge in [0, 0.05) is 12.1 Å². The summed E-state index contributed by atoms with van der Waals surface area (Å²) in [6, 6.07) is 14.8. The van der Waals surface area contributed by atoms with E-state index in [1.165, 1.54) is 23.9 Å². The fraction of sp³-hybridized carbons (Fsp3) is 0.143. The zero-order valence-corrected chi connectivity index (χ0v) is 16.5. The molecular weight excluding hydrogens is 389 g/mol. The molecule has 0 bridgehead atoms. The molecule has 8 heteroatoms. The van der Waals surface area contributed by atoms with Crippen LogP contribution in [-0.2, 0) is 11.3 Å². The van der Waals surface area contributed by atoms with E-state index in [1.807, 2.05) is 4.57 Å². The SMILES string of the molecule is C=CCn1c(S[C@H](C)C(=O)Nc2ccccc2C#N)nnc1-c1ccc(F)cc1. The molecule has 0 unspecified atom stereocenters. The molecule has 29 heavy (non-hydrogen) atoms. The predicted octanol–water partition coefficient (Wildman–Crippen LogP) is 4.26. The number of carbonyl (C=O) groups is 1. The highest BCUT2D eigenvalue weighted by atomic mass is 32.2. The van der Waals surface area contributed by atoms with Gasteiger partial charge in [-0.05, 0) is 43.3 Å². The van der Waals surface area contributed by atoms with Gasteiger partial charge in [0.25, 0.3) is 0 Å². The molecule has 3 aromatic rings. The van der Waals surface area contributed by atoms with Gasteiger partial charge in [-0.1, -0.05) is 30.0 Å². The lowest BCUT2D eigenvalue weighted by molar-refractivity contribution is -0.115. The molecule has 0 aliphatic carbocycles. The molecule has 6 nitrogen and oxygen atoms in total. The summed E-state index contributed by atoms with van der Waals surface area (Å²) in [5.74, 6) is -0.0231. The lowest BCUT2D eigenvalue weighted by atomic mass is 10.2. The maximum absolute atomic E-state index is 13.2. The minimum atomic E-state index is -0.490. The quantitative estimate of drug-likeness (QED) is 0.467. The average molecular weight is 407 g/mol. The van der Waals surface area contributed by atoms with Crippen LogP contribution in [0.1, 0.15) is 12.5 Å². The van der Waals surface area contributed by atoms with Crippen LogP contribution in [0.15, 0.2) is 66.3 Å². The Morgan fingerprint density at radius 1 is 1.31 bits per heavy atom. The number of nitrogens with zero attached hydrogens (tertiary/aromatic N) is 4. The van der Waals surface area contributed by atoms with Crippen LogP contribution in [0.25, 0.3) is 11.4 Å². The number of benzene rings is 2. The number of amides is 1. The zero-order valence-electron chi connectivity index (χ0n) is 15.7. The van der Waals surface area contributed by atoms with Crippen molar-refractivity contribution in [2.75, 3.05) is 5.32 Å². The number of allylic oxidation sites excluding steroid dienone is 1. The van der Waals surface area contributed by atoms with Gasteiger partial charge in [-0.2, -0.15) is 5.26 Å². The van der Waals surface area contributed by atoms with Crippen LogP contribution >= 0.6 is 11.8 Å². The number of thioether (sulfide) groups is 1. The lowest BCUT2D eigenvalue weighted by Crippen LogP contribution is -2.23. The molecule has 0 fully saturated rings. The molecule has 3 rings (SSSR count). The van der Waals surface area contributed by atoms with E-state index in [0.29, 0.717) is 34.3 Å². The van der Waals surface area contributed by atoms with Crippen LogP contribution < -0.4 is 5.32 Å². The molecule has 0 aliphatic rings. The first-order valence-electron chi connectivity index (χ1n) is 8.80. The van der Waals surface area contributed by atoms with E-state index in [-0.39, 0.29) is 11.7 Å². The van der Waals surface area contributed by atoms with Crippen LogP contribution in [0, 0.1) is 17.1 Å². The van der Waals surface area contributed by atoms with E-state index < -0.39 is 5.25 Å². The van der Waals surface area contributed by atoms with Gasteiger partial charge in [0.05, 0.1) is 16.5 Å². The number of nitriles is 1. The van der Waals surface area contributed by atoms with E-state index in [0.717, 1.165) is 0 Å². The summed E-state index contributed by atoms with van der Waals surface area (Å²) >= 11 is 1.24. The first-order chi connectivity index (χ1) is 14.0. The number of hydrogen-bond acceptors (Lipinski definition) is 5. The minimum Gasteiger partial charge on any atom is -0.324 e. The highest BCUT2D eigenvalue weighted by Gasteiger charge is 2.21. The van der Waals surface area contributed by atoms with Crippen molar-refractivity contribution in [1.29, 1.82) is 5.26 Å². The smallest absolute Gasteiger partial charge is 0.237 e. The van der Waals surface area contributed by atoms with Gasteiger partial charge < -0.3 is 5.32 Å². The van der Waals surface area contributed by atoms with Gasteiger partial charge in [0.1, 0.15) is 11.9 Å². The Morgan fingerprint density at radius 2 is 2.03 bits per heavy atom. The fourth-order valence-electron chi connectivity index (χ4n) is 2.62. The van der Waals surface area contributed by atoms with Crippen molar-refractivity contribution in [3.05, 3.63) is 72.6 Å². The average Bonchev–Trinajstić information content (AvgIpc) is 3.11. The molecule has 1 amide bonds. The summed E-state index contributed by atoms with van der Waals surface area (Å²) in [4.78, 5) is 12.6. The Bertz CT molecular complexity index is 1070. The van der Waals surface area contributed by atoms with Gasteiger partial charge in [0.2, 0.25) is 5.91 Å². The molecule has 0 saturated heterocycles. The molecule has 1 aromatic heterocycles. The molecule has 0 saturated carbocycles. The third kappa shape index (κ3) is 4.70. The predicted molar refractivity (Wildman–Crippen MR) is 111 cm³/mol. The lowest BCUT2D eigenvalue weighted by Gasteiger charge is -2.13. The summed E-state index contributed by atoms with van der Waals surface area (Å²) < 4.78 is 15.0. The number of nitrogens with one attached hydrogen (secondary N) is 1. The van der Waals surface area contributed by atoms with Crippen molar-refractivity contribution in [1.82, 2.24) is 14.8 Å². The second-order valence-electron chi connectivity index (χ2n) is 6.12. The van der Waals surface area contributed by atoms with Gasteiger partial charge in [-0.3, -0.25) is 9.36 Å². The van der Waals surface area contributed by atoms with Gasteiger partial charge >= 0.3 is 0 Å². The number of aromatic nitrogens is 3. The summed E-state index contributed by atoms with van der Waals surface area (Å²) in [6.07, 6.45) is 1.70. The van der Waals surface area contributed by atoms with Crippen molar-refractivity contribution < 1.29 is 9.18 Å². The number of halogens is 1. The molecule has 2 aromatic carbocycles. The summed E-state index contributed by atoms with van der Waals surface area (Å²) in [6.45, 7) is 5.95. The highest BCUT2D eigenvalue weighted by Crippen LogP contribution is 2.28. The standard InChI is InChI=1S/C21H18FN5OS/c1-3-12-27-19(15-8-10-17(22)11-9-15)25-26-21(27)29-14(2)20(28)24-18-7-5-4-6-16(18)13-23/h3-11,14H,1,12H2,2H3,(H,24,28)/t14-/m1/s1. The molecular formula is C21H18FN5OS. The third-order valence-corrected chi connectivity index (χ3v) is 5.17. The Labute approximate surface area is 172 Å². The Balaban J connectivity index is 1.80. The van der Waals surface area contributed by atoms with Gasteiger partial charge in [-0.15, -0.1) is 16.8 Å². The van der Waals surface area contributed by atoms with E-state index in [9.17, 15) is 9.18 Å². The molecule has 1 N–H and O–H groups in total. The van der Waals surface area contributed by atoms with Crippen LogP contribution in [0.3, 0.4) is 0 Å². The first kappa shape index (κ1) is 20.3. The number of anilines is 1. The number of rotatable bonds is 7. The van der Waals surface area contributed by atoms with Crippen LogP contribution in [0.4, 0.5) is 10.1 Å². The molecule has 1 heterocycles. The van der Waals surface area contributed by atoms with Crippen molar-refractivity contribution in [2.45, 2.75) is 23.9 Å². The summed E-state index contributed by atoms with van der Waals surface area (Å²) in [5, 5.41) is 20.4. The monoisotopic (exact) mass is 407 g/mol. The van der Waals surface area contributed by atoms with Crippen LogP contribution in [0.5, 0.6) is 0 Å². The second kappa shape index (κ2) is 9.17. The van der Waals surface area contributed by atoms with Crippen LogP contribution in [0.2, 0.25) is 0 Å². The highest BCUT2D eigenvalue weighted by molar-refractivity contribution is 8.00. The van der Waals surface area contributed by atoms with Crippen molar-refractivity contribution in [2.24, 2.45) is 0 Å². The molecule has 0 aliphatic heterocycles. The van der Waals surface area contributed by atoms with Crippen molar-refractivity contribution >= 4 is 23.4 Å². The molecule has 146 valence electrons. The Morgan fingerprint density at radius 3 is 2.72 bits per heavy atom. The first-order valence-corrected chi connectivity index (χ1v) is 9.68. The third-order valence-electron chi connectivity index (χ3n) is 4.09. The van der Waals surface area contributed by atoms with Crippen LogP contribution in [-0.4, -0.2) is 25.9 Å². The number of carbonyl (C=O) groups excluding carboxylic acids is 1. The molecule has 0 radical (unpaired) electrons. The molecule has 1 atom stereocenters. The van der Waals surface area contributed by atoms with Crippen molar-refractivity contribution in [3.8, 4) is 17.5 Å². The largest absolute Gasteiger partial charge is 0.324 e. The van der Waals surface area contributed by atoms with E-state index >= 15 is 0 Å². The van der Waals surface area contributed by atoms with E-state index in [4.69, 9.17) is 5.26 Å². The Hall–Kier alpha value is -3.44. The summed E-state index contributed by atoms with van der Waals surface area (Å²) in [7, 11) is 0. The number of para-hydroxylation sites is 1. The zero-order chi connectivity index (χ0) is 20.8. The maximum Gasteiger partial charge on any atom is 0.237 e. The fourth-order valence-corrected chi connectivity index (χ4v) is 3.48. The van der Waals surface area contributed by atoms with E-state index in [2.05, 4.69) is 28.2 Å². The summed E-state index contributed by atoms with van der Waals surface area (Å²) in [5.41, 5.74) is 1.58. The Kier molecular flexibility index (Phi) is 6.42. The van der Waals surface area contributed by atoms with Gasteiger partial charge in [0.15, 0.2) is 11.0 Å². The van der Waals surface area contributed by atoms with Crippen molar-refractivity contribution in [3.63, 3.8) is 0 Å². The minimum absolute atomic E-state index is 0.255. The molecule has 0 spiro atoms.